The van der Waals surface area contributed by atoms with Gasteiger partial charge in [0.1, 0.15) is 0 Å². The van der Waals surface area contributed by atoms with Crippen LogP contribution in [0.25, 0.3) is 0 Å². The van der Waals surface area contributed by atoms with Gasteiger partial charge in [0.15, 0.2) is 0 Å². The molecule has 23 heavy (non-hydrogen) atoms. The van der Waals surface area contributed by atoms with Crippen molar-refractivity contribution >= 4 is 29.9 Å². The third-order valence-corrected chi connectivity index (χ3v) is 4.44. The first-order valence-electron chi connectivity index (χ1n) is 8.04. The summed E-state index contributed by atoms with van der Waals surface area (Å²) < 4.78 is 0. The van der Waals surface area contributed by atoms with Gasteiger partial charge in [-0.05, 0) is 69.8 Å². The summed E-state index contributed by atoms with van der Waals surface area (Å²) in [4.78, 5) is 24.3. The van der Waals surface area contributed by atoms with Crippen molar-refractivity contribution in [3.8, 4) is 0 Å². The number of anilines is 1. The number of hydrogen-bond donors (Lipinski definition) is 3. The third-order valence-electron chi connectivity index (χ3n) is 4.44. The molecule has 2 amide bonds. The molecular weight excluding hydrogens is 314 g/mol. The van der Waals surface area contributed by atoms with Crippen LogP contribution >= 0.6 is 12.4 Å². The molecule has 2 fully saturated rings. The van der Waals surface area contributed by atoms with Gasteiger partial charge >= 0.3 is 0 Å². The van der Waals surface area contributed by atoms with E-state index in [9.17, 15) is 9.59 Å². The van der Waals surface area contributed by atoms with Crippen LogP contribution < -0.4 is 16.0 Å². The van der Waals surface area contributed by atoms with E-state index in [-0.39, 0.29) is 24.2 Å². The largest absolute Gasteiger partial charge is 0.349 e. The Bertz CT molecular complexity index is 564. The Morgan fingerprint density at radius 1 is 1.17 bits per heavy atom. The molecule has 0 spiro atoms. The summed E-state index contributed by atoms with van der Waals surface area (Å²) in [7, 11) is 0. The van der Waals surface area contributed by atoms with Gasteiger partial charge in [-0.1, -0.05) is 0 Å². The lowest BCUT2D eigenvalue weighted by Gasteiger charge is -2.33. The van der Waals surface area contributed by atoms with Gasteiger partial charge in [-0.25, -0.2) is 0 Å². The Hall–Kier alpha value is -1.59. The SMILES string of the molecule is CC1(C(=O)Nc2ccc(C(=O)NC3CC3)cc2)CCCCN1.Cl. The Morgan fingerprint density at radius 2 is 1.87 bits per heavy atom. The molecule has 1 saturated carbocycles. The monoisotopic (exact) mass is 337 g/mol. The van der Waals surface area contributed by atoms with Gasteiger partial charge in [-0.2, -0.15) is 0 Å². The van der Waals surface area contributed by atoms with Gasteiger partial charge in [0, 0.05) is 17.3 Å². The number of carbonyl (C=O) groups is 2. The molecule has 0 radical (unpaired) electrons. The van der Waals surface area contributed by atoms with Gasteiger partial charge in [0.25, 0.3) is 5.91 Å². The molecular formula is C17H24ClN3O2. The minimum absolute atomic E-state index is 0. The summed E-state index contributed by atoms with van der Waals surface area (Å²) in [5, 5.41) is 9.19. The number of carbonyl (C=O) groups excluding carboxylic acids is 2. The normalized spacial score (nSPS) is 23.5. The van der Waals surface area contributed by atoms with Gasteiger partial charge in [0.2, 0.25) is 5.91 Å². The molecule has 1 aliphatic carbocycles. The van der Waals surface area contributed by atoms with Crippen LogP contribution in [0.2, 0.25) is 0 Å². The van der Waals surface area contributed by atoms with Gasteiger partial charge in [-0.3, -0.25) is 9.59 Å². The Balaban J connectivity index is 0.00000192. The van der Waals surface area contributed by atoms with Crippen LogP contribution in [-0.2, 0) is 4.79 Å². The molecule has 0 aromatic heterocycles. The van der Waals surface area contributed by atoms with Crippen molar-refractivity contribution in [3.05, 3.63) is 29.8 Å². The minimum Gasteiger partial charge on any atom is -0.349 e. The fourth-order valence-electron chi connectivity index (χ4n) is 2.72. The topological polar surface area (TPSA) is 70.2 Å². The maximum atomic E-state index is 12.4. The average Bonchev–Trinajstić information content (AvgIpc) is 3.32. The number of piperidine rings is 1. The molecule has 1 heterocycles. The van der Waals surface area contributed by atoms with Crippen LogP contribution in [-0.4, -0.2) is 29.9 Å². The summed E-state index contributed by atoms with van der Waals surface area (Å²) in [6.45, 7) is 2.82. The van der Waals surface area contributed by atoms with E-state index in [4.69, 9.17) is 0 Å². The predicted molar refractivity (Wildman–Crippen MR) is 93.1 cm³/mol. The maximum absolute atomic E-state index is 12.4. The predicted octanol–water partition coefficient (Wildman–Crippen LogP) is 2.47. The van der Waals surface area contributed by atoms with Crippen LogP contribution in [0.15, 0.2) is 24.3 Å². The third kappa shape index (κ3) is 4.45. The summed E-state index contributed by atoms with van der Waals surface area (Å²) >= 11 is 0. The second-order valence-electron chi connectivity index (χ2n) is 6.50. The van der Waals surface area contributed by atoms with Crippen LogP contribution in [0.5, 0.6) is 0 Å². The smallest absolute Gasteiger partial charge is 0.251 e. The van der Waals surface area contributed by atoms with Crippen molar-refractivity contribution in [1.29, 1.82) is 0 Å². The van der Waals surface area contributed by atoms with Crippen molar-refractivity contribution in [2.24, 2.45) is 0 Å². The summed E-state index contributed by atoms with van der Waals surface area (Å²) in [6.07, 6.45) is 5.18. The first-order chi connectivity index (χ1) is 10.6. The highest BCUT2D eigenvalue weighted by Gasteiger charge is 2.34. The highest BCUT2D eigenvalue weighted by molar-refractivity contribution is 5.99. The zero-order valence-corrected chi connectivity index (χ0v) is 14.2. The molecule has 5 nitrogen and oxygen atoms in total. The first-order valence-corrected chi connectivity index (χ1v) is 8.04. The zero-order valence-electron chi connectivity index (χ0n) is 13.4. The Labute approximate surface area is 143 Å². The average molecular weight is 338 g/mol. The van der Waals surface area contributed by atoms with Crippen molar-refractivity contribution < 1.29 is 9.59 Å². The molecule has 1 unspecified atom stereocenters. The summed E-state index contributed by atoms with van der Waals surface area (Å²) in [5.41, 5.74) is 0.855. The number of rotatable bonds is 4. The van der Waals surface area contributed by atoms with E-state index in [0.717, 1.165) is 44.3 Å². The summed E-state index contributed by atoms with van der Waals surface area (Å²) in [6, 6.07) is 7.43. The number of amides is 2. The molecule has 6 heteroatoms. The van der Waals surface area contributed by atoms with Crippen molar-refractivity contribution in [1.82, 2.24) is 10.6 Å². The van der Waals surface area contributed by atoms with Crippen LogP contribution in [0.4, 0.5) is 5.69 Å². The highest BCUT2D eigenvalue weighted by Crippen LogP contribution is 2.22. The van der Waals surface area contributed by atoms with Gasteiger partial charge in [0.05, 0.1) is 5.54 Å². The quantitative estimate of drug-likeness (QED) is 0.790. The standard InChI is InChI=1S/C17H23N3O2.ClH/c1-17(10-2-3-11-18-17)16(22)20-14-6-4-12(5-7-14)15(21)19-13-8-9-13;/h4-7,13,18H,2-3,8-11H2,1H3,(H,19,21)(H,20,22);1H. The van der Waals surface area contributed by atoms with Crippen LogP contribution in [0, 0.1) is 0 Å². The number of benzene rings is 1. The second-order valence-corrected chi connectivity index (χ2v) is 6.50. The zero-order chi connectivity index (χ0) is 15.6. The highest BCUT2D eigenvalue weighted by atomic mass is 35.5. The maximum Gasteiger partial charge on any atom is 0.251 e. The first kappa shape index (κ1) is 17.8. The van der Waals surface area contributed by atoms with E-state index in [1.165, 1.54) is 0 Å². The van der Waals surface area contributed by atoms with Gasteiger partial charge < -0.3 is 16.0 Å². The molecule has 126 valence electrons. The molecule has 3 rings (SSSR count). The van der Waals surface area contributed by atoms with E-state index in [1.54, 1.807) is 24.3 Å². The lowest BCUT2D eigenvalue weighted by molar-refractivity contribution is -0.122. The summed E-state index contributed by atoms with van der Waals surface area (Å²) in [5.74, 6) is -0.0522. The van der Waals surface area contributed by atoms with E-state index in [2.05, 4.69) is 16.0 Å². The van der Waals surface area contributed by atoms with E-state index < -0.39 is 5.54 Å². The fourth-order valence-corrected chi connectivity index (χ4v) is 2.72. The molecule has 0 bridgehead atoms. The molecule has 1 saturated heterocycles. The fraction of sp³-hybridized carbons (Fsp3) is 0.529. The Kier molecular flexibility index (Phi) is 5.65. The lowest BCUT2D eigenvalue weighted by atomic mass is 9.90. The number of hydrogen-bond acceptors (Lipinski definition) is 3. The van der Waals surface area contributed by atoms with Crippen LogP contribution in [0.1, 0.15) is 49.4 Å². The number of nitrogens with one attached hydrogen (secondary N) is 3. The van der Waals surface area contributed by atoms with E-state index in [1.807, 2.05) is 6.92 Å². The lowest BCUT2D eigenvalue weighted by Crippen LogP contribution is -2.54. The van der Waals surface area contributed by atoms with Crippen molar-refractivity contribution in [3.63, 3.8) is 0 Å². The van der Waals surface area contributed by atoms with E-state index >= 15 is 0 Å². The molecule has 1 atom stereocenters. The van der Waals surface area contributed by atoms with Gasteiger partial charge in [-0.15, -0.1) is 12.4 Å². The minimum atomic E-state index is -0.500. The second kappa shape index (κ2) is 7.32. The van der Waals surface area contributed by atoms with E-state index in [0.29, 0.717) is 11.6 Å². The van der Waals surface area contributed by atoms with Crippen LogP contribution in [0.3, 0.4) is 0 Å². The van der Waals surface area contributed by atoms with Crippen molar-refractivity contribution in [2.45, 2.75) is 50.6 Å². The van der Waals surface area contributed by atoms with Crippen molar-refractivity contribution in [2.75, 3.05) is 11.9 Å². The molecule has 2 aliphatic rings. The molecule has 1 aliphatic heterocycles. The molecule has 1 aromatic carbocycles. The Morgan fingerprint density at radius 3 is 2.43 bits per heavy atom. The molecule has 1 aromatic rings. The molecule has 3 N–H and O–H groups in total. The number of halogens is 1.